The molecule has 1 amide bonds. The van der Waals surface area contributed by atoms with Crippen LogP contribution in [0.3, 0.4) is 0 Å². The number of nitrogens with one attached hydrogen (secondary N) is 1. The molecule has 35 heavy (non-hydrogen) atoms. The van der Waals surface area contributed by atoms with E-state index in [1.807, 2.05) is 24.3 Å². The van der Waals surface area contributed by atoms with Crippen LogP contribution >= 0.6 is 11.6 Å². The first-order chi connectivity index (χ1) is 17.0. The number of carbonyl (C=O) groups is 3. The minimum atomic E-state index is -0.824. The summed E-state index contributed by atoms with van der Waals surface area (Å²) in [6.45, 7) is 0.445. The van der Waals surface area contributed by atoms with Crippen LogP contribution in [0.15, 0.2) is 48.5 Å². The molecule has 5 rings (SSSR count). The first kappa shape index (κ1) is 23.4. The molecule has 1 aliphatic carbocycles. The van der Waals surface area contributed by atoms with Crippen molar-refractivity contribution in [3.05, 3.63) is 70.9 Å². The van der Waals surface area contributed by atoms with Crippen LogP contribution < -0.4 is 0 Å². The van der Waals surface area contributed by atoms with Crippen molar-refractivity contribution in [1.82, 2.24) is 9.88 Å². The second-order valence-corrected chi connectivity index (χ2v) is 9.43. The predicted molar refractivity (Wildman–Crippen MR) is 131 cm³/mol. The number of fused-ring (bicyclic) bond motifs is 3. The van der Waals surface area contributed by atoms with Gasteiger partial charge in [-0.2, -0.15) is 0 Å². The Bertz CT molecular complexity index is 1260. The molecule has 0 saturated heterocycles. The van der Waals surface area contributed by atoms with E-state index in [0.29, 0.717) is 24.5 Å². The normalized spacial score (nSPS) is 19.7. The highest BCUT2D eigenvalue weighted by Crippen LogP contribution is 2.41. The summed E-state index contributed by atoms with van der Waals surface area (Å²) in [6, 6.07) is 13.4. The van der Waals surface area contributed by atoms with Crippen LogP contribution in [0.25, 0.3) is 10.9 Å². The highest BCUT2D eigenvalue weighted by molar-refractivity contribution is 6.27. The fourth-order valence-corrected chi connectivity index (χ4v) is 5.21. The zero-order chi connectivity index (χ0) is 24.5. The lowest BCUT2D eigenvalue weighted by Gasteiger charge is -2.40. The number of esters is 2. The van der Waals surface area contributed by atoms with E-state index in [0.717, 1.165) is 40.6 Å². The number of aromatic nitrogens is 1. The molecule has 0 bridgehead atoms. The van der Waals surface area contributed by atoms with Crippen LogP contribution in [-0.4, -0.2) is 53.4 Å². The Balaban J connectivity index is 1.54. The van der Waals surface area contributed by atoms with Crippen LogP contribution in [0.1, 0.15) is 52.5 Å². The summed E-state index contributed by atoms with van der Waals surface area (Å²) in [6.07, 6.45) is 3.72. The molecule has 0 radical (unpaired) electrons. The second-order valence-electron chi connectivity index (χ2n) is 9.16. The van der Waals surface area contributed by atoms with E-state index in [2.05, 4.69) is 4.98 Å². The molecule has 1 N–H and O–H groups in total. The Kier molecular flexibility index (Phi) is 6.52. The molecule has 2 heterocycles. The Morgan fingerprint density at radius 3 is 2.49 bits per heavy atom. The van der Waals surface area contributed by atoms with Gasteiger partial charge < -0.3 is 19.4 Å². The number of aromatic amines is 1. The number of H-pyrrole nitrogens is 1. The zero-order valence-electron chi connectivity index (χ0n) is 19.5. The van der Waals surface area contributed by atoms with Crippen molar-refractivity contribution in [2.45, 2.75) is 37.8 Å². The minimum Gasteiger partial charge on any atom is -0.467 e. The number of hydrogen-bond acceptors (Lipinski definition) is 5. The van der Waals surface area contributed by atoms with Gasteiger partial charge in [0, 0.05) is 23.0 Å². The van der Waals surface area contributed by atoms with Crippen molar-refractivity contribution in [2.24, 2.45) is 5.92 Å². The van der Waals surface area contributed by atoms with Crippen molar-refractivity contribution in [3.63, 3.8) is 0 Å². The third-order valence-electron chi connectivity index (χ3n) is 7.14. The van der Waals surface area contributed by atoms with Gasteiger partial charge >= 0.3 is 11.9 Å². The lowest BCUT2D eigenvalue weighted by molar-refractivity contribution is -0.154. The number of benzene rings is 2. The molecule has 2 aliphatic rings. The largest absolute Gasteiger partial charge is 0.467 e. The number of para-hydroxylation sites is 1. The molecular formula is C27H27ClN2O5. The van der Waals surface area contributed by atoms with Gasteiger partial charge in [-0.25, -0.2) is 9.59 Å². The summed E-state index contributed by atoms with van der Waals surface area (Å²) < 4.78 is 10.5. The van der Waals surface area contributed by atoms with Crippen LogP contribution in [-0.2, 0) is 25.5 Å². The van der Waals surface area contributed by atoms with E-state index in [1.165, 1.54) is 18.4 Å². The molecule has 2 atom stereocenters. The Morgan fingerprint density at radius 2 is 1.83 bits per heavy atom. The molecule has 8 heteroatoms. The molecule has 1 saturated carbocycles. The maximum Gasteiger partial charge on any atom is 0.338 e. The maximum atomic E-state index is 13.1. The van der Waals surface area contributed by atoms with Crippen molar-refractivity contribution in [2.75, 3.05) is 19.6 Å². The van der Waals surface area contributed by atoms with E-state index in [1.54, 1.807) is 24.3 Å². The Hall–Kier alpha value is -3.32. The third kappa shape index (κ3) is 4.29. The van der Waals surface area contributed by atoms with E-state index in [9.17, 15) is 14.4 Å². The number of ether oxygens (including phenoxy) is 2. The highest BCUT2D eigenvalue weighted by Gasteiger charge is 2.43. The summed E-state index contributed by atoms with van der Waals surface area (Å²) in [5, 5.41) is 0.996. The van der Waals surface area contributed by atoms with Crippen LogP contribution in [0.4, 0.5) is 0 Å². The van der Waals surface area contributed by atoms with Gasteiger partial charge in [0.15, 0.2) is 0 Å². The number of alkyl halides is 1. The molecule has 3 aromatic rings. The third-order valence-corrected chi connectivity index (χ3v) is 7.37. The summed E-state index contributed by atoms with van der Waals surface area (Å²) in [7, 11) is 1.31. The van der Waals surface area contributed by atoms with Gasteiger partial charge in [0.05, 0.1) is 25.3 Å². The summed E-state index contributed by atoms with van der Waals surface area (Å²) >= 11 is 5.99. The molecular weight excluding hydrogens is 468 g/mol. The number of rotatable bonds is 6. The fourth-order valence-electron chi connectivity index (χ4n) is 5.07. The molecule has 0 unspecified atom stereocenters. The Morgan fingerprint density at radius 1 is 1.09 bits per heavy atom. The molecule has 7 nitrogen and oxygen atoms in total. The van der Waals surface area contributed by atoms with Gasteiger partial charge in [0.25, 0.3) is 0 Å². The quantitative estimate of drug-likeness (QED) is 0.406. The van der Waals surface area contributed by atoms with Crippen molar-refractivity contribution in [1.29, 1.82) is 0 Å². The van der Waals surface area contributed by atoms with Crippen LogP contribution in [0, 0.1) is 5.92 Å². The lowest BCUT2D eigenvalue weighted by Crippen LogP contribution is -2.52. The van der Waals surface area contributed by atoms with Crippen LogP contribution in [0.2, 0.25) is 0 Å². The maximum absolute atomic E-state index is 13.1. The van der Waals surface area contributed by atoms with Gasteiger partial charge in [-0.3, -0.25) is 4.79 Å². The standard InChI is InChI=1S/C27H27ClN2O5/c1-34-27(33)22-13-20-19-7-2-3-8-21(19)29-24(20)25(30(22)23(31)14-28)17-9-11-18(12-10-17)26(32)35-15-16-5-4-6-16/h2-3,7-12,16,22,25,29H,4-6,13-15H2,1H3/t22-,25+/m1/s1. The van der Waals surface area contributed by atoms with Gasteiger partial charge in [-0.05, 0) is 48.1 Å². The number of amides is 1. The molecule has 1 aromatic heterocycles. The molecule has 0 spiro atoms. The molecule has 1 aliphatic heterocycles. The fraction of sp³-hybridized carbons (Fsp3) is 0.370. The van der Waals surface area contributed by atoms with Crippen molar-refractivity contribution < 1.29 is 23.9 Å². The minimum absolute atomic E-state index is 0.273. The van der Waals surface area contributed by atoms with E-state index < -0.39 is 18.1 Å². The number of hydrogen-bond donors (Lipinski definition) is 1. The van der Waals surface area contributed by atoms with Gasteiger partial charge in [-0.15, -0.1) is 11.6 Å². The van der Waals surface area contributed by atoms with Gasteiger partial charge in [-0.1, -0.05) is 36.8 Å². The SMILES string of the molecule is COC(=O)[C@H]1Cc2c([nH]c3ccccc23)[C@H](c2ccc(C(=O)OCC3CCC3)cc2)N1C(=O)CCl. The summed E-state index contributed by atoms with van der Waals surface area (Å²) in [4.78, 5) is 43.3. The lowest BCUT2D eigenvalue weighted by atomic mass is 9.86. The van der Waals surface area contributed by atoms with Gasteiger partial charge in [0.1, 0.15) is 11.9 Å². The smallest absolute Gasteiger partial charge is 0.338 e. The summed E-state index contributed by atoms with van der Waals surface area (Å²) in [5.41, 5.74) is 3.90. The molecule has 182 valence electrons. The number of nitrogens with zero attached hydrogens (tertiary/aromatic N) is 1. The average molecular weight is 495 g/mol. The predicted octanol–water partition coefficient (Wildman–Crippen LogP) is 4.38. The van der Waals surface area contributed by atoms with Crippen molar-refractivity contribution in [3.8, 4) is 0 Å². The first-order valence-corrected chi connectivity index (χ1v) is 12.4. The Labute approximate surface area is 208 Å². The molecule has 1 fully saturated rings. The second kappa shape index (κ2) is 9.74. The highest BCUT2D eigenvalue weighted by atomic mass is 35.5. The summed E-state index contributed by atoms with van der Waals surface area (Å²) in [5.74, 6) is -1.04. The van der Waals surface area contributed by atoms with E-state index in [4.69, 9.17) is 21.1 Å². The van der Waals surface area contributed by atoms with Crippen molar-refractivity contribution >= 4 is 40.3 Å². The molecule has 2 aromatic carbocycles. The van der Waals surface area contributed by atoms with E-state index in [-0.39, 0.29) is 17.8 Å². The van der Waals surface area contributed by atoms with Crippen LogP contribution in [0.5, 0.6) is 0 Å². The monoisotopic (exact) mass is 494 g/mol. The number of methoxy groups -OCH3 is 1. The van der Waals surface area contributed by atoms with Gasteiger partial charge in [0.2, 0.25) is 5.91 Å². The topological polar surface area (TPSA) is 88.7 Å². The van der Waals surface area contributed by atoms with E-state index >= 15 is 0 Å². The first-order valence-electron chi connectivity index (χ1n) is 11.8. The average Bonchev–Trinajstić information content (AvgIpc) is 3.24. The number of halogens is 1. The number of carbonyl (C=O) groups excluding carboxylic acids is 3. The zero-order valence-corrected chi connectivity index (χ0v) is 20.2.